The molecule has 9 nitrogen and oxygen atoms in total. The van der Waals surface area contributed by atoms with Gasteiger partial charge in [-0.2, -0.15) is 0 Å². The third kappa shape index (κ3) is 10.4. The molecular weight excluding hydrogens is 336 g/mol. The number of carbonyl (C=O) groups excluding carboxylic acids is 2. The van der Waals surface area contributed by atoms with E-state index in [4.69, 9.17) is 22.8 Å². The van der Waals surface area contributed by atoms with Gasteiger partial charge >= 0.3 is 21.0 Å². The van der Waals surface area contributed by atoms with Crippen molar-refractivity contribution in [2.24, 2.45) is 0 Å². The zero-order valence-corrected chi connectivity index (χ0v) is 16.0. The Balaban J connectivity index is 3.65. The van der Waals surface area contributed by atoms with Crippen LogP contribution in [-0.4, -0.2) is 68.6 Å². The van der Waals surface area contributed by atoms with Gasteiger partial charge in [-0.3, -0.25) is 0 Å². The summed E-state index contributed by atoms with van der Waals surface area (Å²) in [4.78, 5) is 22.7. The summed E-state index contributed by atoms with van der Waals surface area (Å²) in [6, 6.07) is 0.581. The SMILES string of the molecule is CCCCNC(=O)OCCOC(=O)NCCC[Si](OC)(OC)OC. The summed E-state index contributed by atoms with van der Waals surface area (Å²) in [6.45, 7) is 3.02. The van der Waals surface area contributed by atoms with Crippen LogP contribution in [0.15, 0.2) is 0 Å². The molecule has 10 heteroatoms. The van der Waals surface area contributed by atoms with Crippen molar-refractivity contribution in [1.82, 2.24) is 10.6 Å². The average molecular weight is 366 g/mol. The Hall–Kier alpha value is -1.36. The summed E-state index contributed by atoms with van der Waals surface area (Å²) < 4.78 is 25.6. The Morgan fingerprint density at radius 1 is 0.833 bits per heavy atom. The van der Waals surface area contributed by atoms with Gasteiger partial charge in [-0.05, 0) is 12.8 Å². The van der Waals surface area contributed by atoms with E-state index < -0.39 is 21.0 Å². The topological polar surface area (TPSA) is 104 Å². The highest BCUT2D eigenvalue weighted by atomic mass is 28.4. The van der Waals surface area contributed by atoms with Crippen molar-refractivity contribution in [3.63, 3.8) is 0 Å². The Kier molecular flexibility index (Phi) is 13.2. The van der Waals surface area contributed by atoms with Crippen LogP contribution in [0.1, 0.15) is 26.2 Å². The number of carbonyl (C=O) groups is 2. The minimum Gasteiger partial charge on any atom is -0.446 e. The van der Waals surface area contributed by atoms with Crippen LogP contribution in [-0.2, 0) is 22.8 Å². The van der Waals surface area contributed by atoms with Crippen LogP contribution in [0.5, 0.6) is 0 Å². The van der Waals surface area contributed by atoms with Crippen LogP contribution < -0.4 is 10.6 Å². The lowest BCUT2D eigenvalue weighted by Gasteiger charge is -2.24. The molecule has 0 aliphatic carbocycles. The molecule has 0 fully saturated rings. The van der Waals surface area contributed by atoms with E-state index in [0.29, 0.717) is 25.6 Å². The Morgan fingerprint density at radius 2 is 1.29 bits per heavy atom. The lowest BCUT2D eigenvalue weighted by Crippen LogP contribution is -2.43. The lowest BCUT2D eigenvalue weighted by molar-refractivity contribution is 0.0954. The quantitative estimate of drug-likeness (QED) is 0.376. The number of alkyl carbamates (subject to hydrolysis) is 2. The van der Waals surface area contributed by atoms with Gasteiger partial charge in [-0.25, -0.2) is 9.59 Å². The van der Waals surface area contributed by atoms with Crippen molar-refractivity contribution in [3.8, 4) is 0 Å². The molecule has 0 aromatic rings. The van der Waals surface area contributed by atoms with E-state index in [0.717, 1.165) is 12.8 Å². The highest BCUT2D eigenvalue weighted by molar-refractivity contribution is 6.60. The first kappa shape index (κ1) is 22.6. The molecule has 2 N–H and O–H groups in total. The molecule has 0 saturated carbocycles. The van der Waals surface area contributed by atoms with Crippen molar-refractivity contribution < 1.29 is 32.3 Å². The van der Waals surface area contributed by atoms with Gasteiger partial charge in [0.15, 0.2) is 0 Å². The highest BCUT2D eigenvalue weighted by Gasteiger charge is 2.36. The van der Waals surface area contributed by atoms with Gasteiger partial charge in [0.25, 0.3) is 0 Å². The fourth-order valence-electron chi connectivity index (χ4n) is 1.79. The summed E-state index contributed by atoms with van der Waals surface area (Å²) in [5, 5.41) is 5.19. The van der Waals surface area contributed by atoms with Crippen molar-refractivity contribution in [2.45, 2.75) is 32.2 Å². The van der Waals surface area contributed by atoms with Crippen LogP contribution in [0.3, 0.4) is 0 Å². The molecule has 0 spiro atoms. The molecule has 0 rings (SSSR count). The van der Waals surface area contributed by atoms with E-state index in [2.05, 4.69) is 10.6 Å². The molecule has 24 heavy (non-hydrogen) atoms. The molecule has 0 bridgehead atoms. The Labute approximate surface area is 144 Å². The predicted octanol–water partition coefficient (Wildman–Crippen LogP) is 1.51. The maximum absolute atomic E-state index is 11.5. The third-order valence-corrected chi connectivity index (χ3v) is 6.04. The van der Waals surface area contributed by atoms with Crippen LogP contribution in [0.2, 0.25) is 6.04 Å². The maximum Gasteiger partial charge on any atom is 0.500 e. The van der Waals surface area contributed by atoms with Crippen LogP contribution >= 0.6 is 0 Å². The number of ether oxygens (including phenoxy) is 2. The fourth-order valence-corrected chi connectivity index (χ4v) is 3.51. The summed E-state index contributed by atoms with van der Waals surface area (Å²) in [5.41, 5.74) is 0. The van der Waals surface area contributed by atoms with Crippen LogP contribution in [0.4, 0.5) is 9.59 Å². The molecule has 0 radical (unpaired) electrons. The molecule has 0 aromatic carbocycles. The zero-order valence-electron chi connectivity index (χ0n) is 15.0. The van der Waals surface area contributed by atoms with Gasteiger partial charge < -0.3 is 33.4 Å². The minimum atomic E-state index is -2.60. The van der Waals surface area contributed by atoms with Gasteiger partial charge in [0.2, 0.25) is 0 Å². The molecule has 0 aliphatic heterocycles. The molecule has 0 unspecified atom stereocenters. The molecule has 0 heterocycles. The van der Waals surface area contributed by atoms with E-state index in [1.165, 1.54) is 0 Å². The van der Waals surface area contributed by atoms with Crippen molar-refractivity contribution in [1.29, 1.82) is 0 Å². The van der Waals surface area contributed by atoms with E-state index >= 15 is 0 Å². The standard InChI is InChI=1S/C14H30N2O7Si/c1-5-6-8-15-13(17)22-10-11-23-14(18)16-9-7-12-24(19-2,20-3)21-4/h5-12H2,1-4H3,(H,15,17)(H,16,18). The predicted molar refractivity (Wildman–Crippen MR) is 89.8 cm³/mol. The van der Waals surface area contributed by atoms with E-state index in [9.17, 15) is 9.59 Å². The number of amides is 2. The van der Waals surface area contributed by atoms with Crippen LogP contribution in [0.25, 0.3) is 0 Å². The lowest BCUT2D eigenvalue weighted by atomic mass is 10.3. The van der Waals surface area contributed by atoms with Gasteiger partial charge in [-0.1, -0.05) is 13.3 Å². The normalized spacial score (nSPS) is 11.0. The van der Waals surface area contributed by atoms with Crippen molar-refractivity contribution >= 4 is 21.0 Å². The first-order chi connectivity index (χ1) is 11.5. The molecule has 0 aliphatic rings. The molecular formula is C14H30N2O7Si. The largest absolute Gasteiger partial charge is 0.500 e. The Bertz CT molecular complexity index is 346. The van der Waals surface area contributed by atoms with E-state index in [1.54, 1.807) is 21.3 Å². The summed E-state index contributed by atoms with van der Waals surface area (Å²) in [6.07, 6.45) is 1.45. The van der Waals surface area contributed by atoms with Gasteiger partial charge in [0.05, 0.1) is 0 Å². The number of hydrogen-bond acceptors (Lipinski definition) is 7. The number of rotatable bonds is 13. The fraction of sp³-hybridized carbons (Fsp3) is 0.857. The molecule has 0 aromatic heterocycles. The monoisotopic (exact) mass is 366 g/mol. The van der Waals surface area contributed by atoms with Gasteiger partial charge in [0, 0.05) is 40.5 Å². The summed E-state index contributed by atoms with van der Waals surface area (Å²) in [5.74, 6) is 0. The number of nitrogens with one attached hydrogen (secondary N) is 2. The van der Waals surface area contributed by atoms with Crippen molar-refractivity contribution in [3.05, 3.63) is 0 Å². The summed E-state index contributed by atoms with van der Waals surface area (Å²) in [7, 11) is 2.02. The second-order valence-corrected chi connectivity index (χ2v) is 7.97. The van der Waals surface area contributed by atoms with E-state index in [-0.39, 0.29) is 13.2 Å². The first-order valence-corrected chi connectivity index (χ1v) is 9.93. The molecule has 0 atom stereocenters. The maximum atomic E-state index is 11.5. The highest BCUT2D eigenvalue weighted by Crippen LogP contribution is 2.14. The molecule has 0 saturated heterocycles. The van der Waals surface area contributed by atoms with Crippen molar-refractivity contribution in [2.75, 3.05) is 47.6 Å². The zero-order chi connectivity index (χ0) is 18.3. The van der Waals surface area contributed by atoms with Crippen LogP contribution in [0, 0.1) is 0 Å². The van der Waals surface area contributed by atoms with Gasteiger partial charge in [0.1, 0.15) is 13.2 Å². The minimum absolute atomic E-state index is 0.0000675. The molecule has 2 amide bonds. The third-order valence-electron chi connectivity index (χ3n) is 3.21. The summed E-state index contributed by atoms with van der Waals surface area (Å²) >= 11 is 0. The average Bonchev–Trinajstić information content (AvgIpc) is 2.60. The van der Waals surface area contributed by atoms with E-state index in [1.807, 2.05) is 6.92 Å². The number of unbranched alkanes of at least 4 members (excludes halogenated alkanes) is 1. The second kappa shape index (κ2) is 14.0. The second-order valence-electron chi connectivity index (χ2n) is 4.88. The first-order valence-electron chi connectivity index (χ1n) is 8.00. The Morgan fingerprint density at radius 3 is 1.71 bits per heavy atom. The van der Waals surface area contributed by atoms with Gasteiger partial charge in [-0.15, -0.1) is 0 Å². The molecule has 142 valence electrons. The number of hydrogen-bond donors (Lipinski definition) is 2. The smallest absolute Gasteiger partial charge is 0.446 e.